The maximum absolute atomic E-state index is 12.0. The lowest BCUT2D eigenvalue weighted by Crippen LogP contribution is -2.48. The SMILES string of the molecule is CC1CC(C#N)(C(=O)NCCCOc2ccccc2)C1. The van der Waals surface area contributed by atoms with Crippen LogP contribution < -0.4 is 10.1 Å². The molecule has 2 rings (SSSR count). The lowest BCUT2D eigenvalue weighted by atomic mass is 9.63. The summed E-state index contributed by atoms with van der Waals surface area (Å²) in [5.74, 6) is 1.18. The molecule has 1 fully saturated rings. The van der Waals surface area contributed by atoms with Crippen LogP contribution in [-0.2, 0) is 4.79 Å². The average molecular weight is 272 g/mol. The summed E-state index contributed by atoms with van der Waals surface area (Å²) in [5.41, 5.74) is -0.778. The molecule has 20 heavy (non-hydrogen) atoms. The van der Waals surface area contributed by atoms with Crippen LogP contribution >= 0.6 is 0 Å². The largest absolute Gasteiger partial charge is 0.494 e. The third-order valence-electron chi connectivity index (χ3n) is 3.66. The Balaban J connectivity index is 1.64. The van der Waals surface area contributed by atoms with Gasteiger partial charge in [-0.15, -0.1) is 0 Å². The second kappa shape index (κ2) is 6.42. The number of benzene rings is 1. The summed E-state index contributed by atoms with van der Waals surface area (Å²) < 4.78 is 5.54. The molecule has 1 aromatic rings. The molecule has 0 bridgehead atoms. The van der Waals surface area contributed by atoms with E-state index in [1.54, 1.807) is 0 Å². The molecule has 0 aliphatic heterocycles. The van der Waals surface area contributed by atoms with Crippen LogP contribution in [0.4, 0.5) is 0 Å². The Morgan fingerprint density at radius 2 is 2.15 bits per heavy atom. The van der Waals surface area contributed by atoms with Crippen LogP contribution in [0.5, 0.6) is 5.75 Å². The van der Waals surface area contributed by atoms with Gasteiger partial charge in [0.2, 0.25) is 5.91 Å². The zero-order chi connectivity index (χ0) is 14.4. The molecule has 4 heteroatoms. The molecule has 0 unspecified atom stereocenters. The van der Waals surface area contributed by atoms with Crippen LogP contribution in [0.1, 0.15) is 26.2 Å². The highest BCUT2D eigenvalue weighted by Gasteiger charge is 2.48. The van der Waals surface area contributed by atoms with Gasteiger partial charge in [-0.3, -0.25) is 4.79 Å². The summed E-state index contributed by atoms with van der Waals surface area (Å²) in [6.07, 6.45) is 2.09. The van der Waals surface area contributed by atoms with Gasteiger partial charge in [-0.2, -0.15) is 5.26 Å². The van der Waals surface area contributed by atoms with Gasteiger partial charge in [0.25, 0.3) is 0 Å². The van der Waals surface area contributed by atoms with Gasteiger partial charge in [-0.05, 0) is 37.3 Å². The summed E-state index contributed by atoms with van der Waals surface area (Å²) in [4.78, 5) is 12.0. The van der Waals surface area contributed by atoms with Crippen molar-refractivity contribution in [3.05, 3.63) is 30.3 Å². The van der Waals surface area contributed by atoms with Gasteiger partial charge < -0.3 is 10.1 Å². The standard InChI is InChI=1S/C16H20N2O2/c1-13-10-16(11-13,12-17)15(19)18-8-5-9-20-14-6-3-2-4-7-14/h2-4,6-7,13H,5,8-11H2,1H3,(H,18,19). The van der Waals surface area contributed by atoms with E-state index in [2.05, 4.69) is 18.3 Å². The first-order chi connectivity index (χ1) is 9.66. The van der Waals surface area contributed by atoms with Crippen molar-refractivity contribution in [3.63, 3.8) is 0 Å². The van der Waals surface area contributed by atoms with Crippen LogP contribution in [0, 0.1) is 22.7 Å². The number of rotatable bonds is 6. The summed E-state index contributed by atoms with van der Waals surface area (Å²) >= 11 is 0. The lowest BCUT2D eigenvalue weighted by Gasteiger charge is -2.39. The second-order valence-corrected chi connectivity index (χ2v) is 5.48. The molecule has 0 heterocycles. The van der Waals surface area contributed by atoms with Gasteiger partial charge in [0, 0.05) is 6.54 Å². The Labute approximate surface area is 119 Å². The van der Waals surface area contributed by atoms with Crippen molar-refractivity contribution in [3.8, 4) is 11.8 Å². The summed E-state index contributed by atoms with van der Waals surface area (Å²) in [5, 5.41) is 12.0. The fraction of sp³-hybridized carbons (Fsp3) is 0.500. The first-order valence-electron chi connectivity index (χ1n) is 7.04. The van der Waals surface area contributed by atoms with Crippen LogP contribution in [-0.4, -0.2) is 19.1 Å². The highest BCUT2D eigenvalue weighted by Crippen LogP contribution is 2.44. The van der Waals surface area contributed by atoms with Gasteiger partial charge in [0.05, 0.1) is 12.7 Å². The normalized spacial score (nSPS) is 24.3. The topological polar surface area (TPSA) is 62.1 Å². The average Bonchev–Trinajstić information content (AvgIpc) is 2.44. The van der Waals surface area contributed by atoms with Crippen LogP contribution in [0.25, 0.3) is 0 Å². The minimum absolute atomic E-state index is 0.127. The Bertz CT molecular complexity index is 487. The molecule has 1 amide bonds. The number of para-hydroxylation sites is 1. The number of carbonyl (C=O) groups is 1. The monoisotopic (exact) mass is 272 g/mol. The molecule has 4 nitrogen and oxygen atoms in total. The minimum Gasteiger partial charge on any atom is -0.494 e. The molecule has 0 spiro atoms. The number of hydrogen-bond donors (Lipinski definition) is 1. The number of amides is 1. The fourth-order valence-electron chi connectivity index (χ4n) is 2.61. The van der Waals surface area contributed by atoms with Gasteiger partial charge >= 0.3 is 0 Å². The number of nitriles is 1. The van der Waals surface area contributed by atoms with E-state index in [0.29, 0.717) is 31.9 Å². The van der Waals surface area contributed by atoms with Gasteiger partial charge in [0.1, 0.15) is 11.2 Å². The van der Waals surface area contributed by atoms with Gasteiger partial charge in [0.15, 0.2) is 0 Å². The van der Waals surface area contributed by atoms with Crippen molar-refractivity contribution in [1.29, 1.82) is 5.26 Å². The predicted octanol–water partition coefficient (Wildman–Crippen LogP) is 2.51. The number of hydrogen-bond acceptors (Lipinski definition) is 3. The van der Waals surface area contributed by atoms with E-state index in [9.17, 15) is 4.79 Å². The molecule has 1 N–H and O–H groups in total. The second-order valence-electron chi connectivity index (χ2n) is 5.48. The molecule has 0 saturated heterocycles. The molecular formula is C16H20N2O2. The number of ether oxygens (including phenoxy) is 1. The third kappa shape index (κ3) is 3.30. The number of nitrogens with one attached hydrogen (secondary N) is 1. The van der Waals surface area contributed by atoms with Crippen molar-refractivity contribution in [2.75, 3.05) is 13.2 Å². The van der Waals surface area contributed by atoms with E-state index < -0.39 is 5.41 Å². The zero-order valence-corrected chi connectivity index (χ0v) is 11.8. The molecule has 1 aliphatic rings. The zero-order valence-electron chi connectivity index (χ0n) is 11.8. The van der Waals surface area contributed by atoms with Crippen LogP contribution in [0.2, 0.25) is 0 Å². The van der Waals surface area contributed by atoms with E-state index in [1.165, 1.54) is 0 Å². The maximum Gasteiger partial charge on any atom is 0.240 e. The van der Waals surface area contributed by atoms with Gasteiger partial charge in [-0.25, -0.2) is 0 Å². The first kappa shape index (κ1) is 14.4. The van der Waals surface area contributed by atoms with Crippen molar-refractivity contribution in [2.24, 2.45) is 11.3 Å². The Kier molecular flexibility index (Phi) is 4.62. The fourth-order valence-corrected chi connectivity index (χ4v) is 2.61. The van der Waals surface area contributed by atoms with Crippen molar-refractivity contribution >= 4 is 5.91 Å². The molecule has 1 aromatic carbocycles. The number of nitrogens with zero attached hydrogens (tertiary/aromatic N) is 1. The molecule has 1 aliphatic carbocycles. The molecule has 1 saturated carbocycles. The number of carbonyl (C=O) groups excluding carboxylic acids is 1. The van der Waals surface area contributed by atoms with Crippen molar-refractivity contribution < 1.29 is 9.53 Å². The van der Waals surface area contributed by atoms with Crippen LogP contribution in [0.15, 0.2) is 30.3 Å². The third-order valence-corrected chi connectivity index (χ3v) is 3.66. The Hall–Kier alpha value is -2.02. The summed E-state index contributed by atoms with van der Waals surface area (Å²) in [7, 11) is 0. The first-order valence-corrected chi connectivity index (χ1v) is 7.04. The summed E-state index contributed by atoms with van der Waals surface area (Å²) in [6.45, 7) is 3.17. The predicted molar refractivity (Wildman–Crippen MR) is 76.0 cm³/mol. The lowest BCUT2D eigenvalue weighted by molar-refractivity contribution is -0.133. The van der Waals surface area contributed by atoms with E-state index in [-0.39, 0.29) is 5.91 Å². The molecular weight excluding hydrogens is 252 g/mol. The molecule has 0 radical (unpaired) electrons. The van der Waals surface area contributed by atoms with E-state index in [1.807, 2.05) is 30.3 Å². The molecule has 106 valence electrons. The molecule has 0 atom stereocenters. The minimum atomic E-state index is -0.778. The van der Waals surface area contributed by atoms with E-state index >= 15 is 0 Å². The van der Waals surface area contributed by atoms with Crippen LogP contribution in [0.3, 0.4) is 0 Å². The molecule has 0 aromatic heterocycles. The Morgan fingerprint density at radius 1 is 1.45 bits per heavy atom. The maximum atomic E-state index is 12.0. The van der Waals surface area contributed by atoms with Gasteiger partial charge in [-0.1, -0.05) is 25.1 Å². The quantitative estimate of drug-likeness (QED) is 0.809. The van der Waals surface area contributed by atoms with E-state index in [4.69, 9.17) is 10.00 Å². The smallest absolute Gasteiger partial charge is 0.240 e. The van der Waals surface area contributed by atoms with Crippen molar-refractivity contribution in [1.82, 2.24) is 5.32 Å². The van der Waals surface area contributed by atoms with E-state index in [0.717, 1.165) is 12.2 Å². The highest BCUT2D eigenvalue weighted by molar-refractivity contribution is 5.86. The summed E-state index contributed by atoms with van der Waals surface area (Å²) in [6, 6.07) is 11.8. The van der Waals surface area contributed by atoms with Crippen molar-refractivity contribution in [2.45, 2.75) is 26.2 Å². The highest BCUT2D eigenvalue weighted by atomic mass is 16.5. The Morgan fingerprint density at radius 3 is 2.75 bits per heavy atom.